The normalized spacial score (nSPS) is 26.0. The highest BCUT2D eigenvalue weighted by atomic mass is 32.2. The van der Waals surface area contributed by atoms with Crippen LogP contribution >= 0.6 is 0 Å². The molecule has 0 bridgehead atoms. The molecule has 0 amide bonds. The van der Waals surface area contributed by atoms with E-state index in [-0.39, 0.29) is 30.2 Å². The van der Waals surface area contributed by atoms with Gasteiger partial charge in [-0.3, -0.25) is 14.5 Å². The van der Waals surface area contributed by atoms with E-state index in [1.165, 1.54) is 5.57 Å². The third-order valence-electron chi connectivity index (χ3n) is 5.39. The fraction of sp³-hybridized carbons (Fsp3) is 0.722. The Morgan fingerprint density at radius 2 is 1.92 bits per heavy atom. The van der Waals surface area contributed by atoms with Gasteiger partial charge in [-0.2, -0.15) is 5.10 Å². The number of aryl methyl sites for hydroxylation is 1. The molecular weight excluding hydrogens is 352 g/mol. The lowest BCUT2D eigenvalue weighted by Gasteiger charge is -2.43. The molecule has 1 aromatic heterocycles. The Labute approximate surface area is 156 Å². The molecule has 1 N–H and O–H groups in total. The molecular formula is C18H30N4O3S. The van der Waals surface area contributed by atoms with Gasteiger partial charge in [0.25, 0.3) is 0 Å². The molecule has 0 saturated carbocycles. The summed E-state index contributed by atoms with van der Waals surface area (Å²) in [4.78, 5) is 4.63. The van der Waals surface area contributed by atoms with Gasteiger partial charge < -0.3 is 5.11 Å². The third kappa shape index (κ3) is 4.36. The maximum atomic E-state index is 12.3. The lowest BCUT2D eigenvalue weighted by Crippen LogP contribution is -2.58. The summed E-state index contributed by atoms with van der Waals surface area (Å²) in [6.45, 7) is 9.94. The number of fused-ring (bicyclic) bond motifs is 1. The summed E-state index contributed by atoms with van der Waals surface area (Å²) in [6, 6.07) is 0.108. The monoisotopic (exact) mass is 382 g/mol. The van der Waals surface area contributed by atoms with Crippen molar-refractivity contribution in [1.82, 2.24) is 19.6 Å². The lowest BCUT2D eigenvalue weighted by molar-refractivity contribution is 0.0476. The van der Waals surface area contributed by atoms with Crippen molar-refractivity contribution < 1.29 is 13.5 Å². The van der Waals surface area contributed by atoms with Gasteiger partial charge in [-0.25, -0.2) is 8.42 Å². The standard InChI is InChI=1S/C18H30N4O3S/c1-14(2)4-5-20-6-7-21(18-13-26(24,25)12-17(18)20)10-16-11-22(8-9-23)19-15(16)3/h4,11,17-18,23H,5-10,12-13H2,1-3H3/t17-,18+/m0/s1. The van der Waals surface area contributed by atoms with E-state index in [2.05, 4.69) is 34.8 Å². The van der Waals surface area contributed by atoms with E-state index in [4.69, 9.17) is 5.11 Å². The number of aliphatic hydroxyl groups excluding tert-OH is 1. The summed E-state index contributed by atoms with van der Waals surface area (Å²) in [6.07, 6.45) is 4.15. The molecule has 2 fully saturated rings. The molecule has 8 heteroatoms. The minimum absolute atomic E-state index is 0.0416. The van der Waals surface area contributed by atoms with E-state index in [0.717, 1.165) is 30.9 Å². The first-order valence-corrected chi connectivity index (χ1v) is 11.1. The maximum Gasteiger partial charge on any atom is 0.153 e. The van der Waals surface area contributed by atoms with Crippen LogP contribution in [-0.4, -0.2) is 82.9 Å². The van der Waals surface area contributed by atoms with Crippen LogP contribution in [0.4, 0.5) is 0 Å². The molecule has 0 spiro atoms. The Hall–Kier alpha value is -1.22. The van der Waals surface area contributed by atoms with Crippen molar-refractivity contribution in [3.05, 3.63) is 29.1 Å². The molecule has 0 aromatic carbocycles. The van der Waals surface area contributed by atoms with Crippen molar-refractivity contribution in [3.63, 3.8) is 0 Å². The first-order chi connectivity index (χ1) is 12.3. The molecule has 0 radical (unpaired) electrons. The third-order valence-corrected chi connectivity index (χ3v) is 7.09. The Bertz CT molecular complexity index is 767. The number of allylic oxidation sites excluding steroid dienone is 1. The Morgan fingerprint density at radius 1 is 1.27 bits per heavy atom. The van der Waals surface area contributed by atoms with Crippen molar-refractivity contribution in [2.24, 2.45) is 0 Å². The first kappa shape index (κ1) is 19.5. The van der Waals surface area contributed by atoms with E-state index in [1.54, 1.807) is 4.68 Å². The number of hydrogen-bond donors (Lipinski definition) is 1. The molecule has 2 atom stereocenters. The summed E-state index contributed by atoms with van der Waals surface area (Å²) >= 11 is 0. The van der Waals surface area contributed by atoms with Gasteiger partial charge in [0.15, 0.2) is 9.84 Å². The summed E-state index contributed by atoms with van der Waals surface area (Å²) in [5, 5.41) is 13.5. The molecule has 2 aliphatic heterocycles. The van der Waals surface area contributed by atoms with Gasteiger partial charge in [0.05, 0.1) is 30.4 Å². The number of hydrogen-bond acceptors (Lipinski definition) is 6. The van der Waals surface area contributed by atoms with E-state index in [9.17, 15) is 8.42 Å². The smallest absolute Gasteiger partial charge is 0.153 e. The van der Waals surface area contributed by atoms with Crippen LogP contribution in [0, 0.1) is 6.92 Å². The number of aliphatic hydroxyl groups is 1. The molecule has 0 aliphatic carbocycles. The second-order valence-electron chi connectivity index (χ2n) is 7.68. The molecule has 1 aromatic rings. The fourth-order valence-corrected chi connectivity index (χ4v) is 6.01. The van der Waals surface area contributed by atoms with Gasteiger partial charge in [-0.1, -0.05) is 11.6 Å². The number of rotatable bonds is 6. The Balaban J connectivity index is 1.76. The zero-order valence-corrected chi connectivity index (χ0v) is 16.7. The summed E-state index contributed by atoms with van der Waals surface area (Å²) in [5.41, 5.74) is 3.32. The van der Waals surface area contributed by atoms with Crippen molar-refractivity contribution in [2.75, 3.05) is 37.7 Å². The summed E-state index contributed by atoms with van der Waals surface area (Å²) in [5.74, 6) is 0.500. The topological polar surface area (TPSA) is 78.7 Å². The van der Waals surface area contributed by atoms with Crippen LogP contribution in [0.25, 0.3) is 0 Å². The number of piperazine rings is 1. The second kappa shape index (κ2) is 7.80. The summed E-state index contributed by atoms with van der Waals surface area (Å²) in [7, 11) is -3.00. The average Bonchev–Trinajstić information content (AvgIpc) is 3.05. The fourth-order valence-electron chi connectivity index (χ4n) is 3.97. The average molecular weight is 383 g/mol. The molecule has 26 heavy (non-hydrogen) atoms. The highest BCUT2D eigenvalue weighted by Crippen LogP contribution is 2.28. The molecule has 0 unspecified atom stereocenters. The van der Waals surface area contributed by atoms with Gasteiger partial charge in [0, 0.05) is 50.0 Å². The highest BCUT2D eigenvalue weighted by molar-refractivity contribution is 7.91. The zero-order chi connectivity index (χ0) is 18.9. The highest BCUT2D eigenvalue weighted by Gasteiger charge is 2.46. The predicted molar refractivity (Wildman–Crippen MR) is 102 cm³/mol. The van der Waals surface area contributed by atoms with Gasteiger partial charge in [0.1, 0.15) is 0 Å². The van der Waals surface area contributed by atoms with Crippen molar-refractivity contribution >= 4 is 9.84 Å². The minimum Gasteiger partial charge on any atom is -0.394 e. The van der Waals surface area contributed by atoms with Crippen LogP contribution in [0.3, 0.4) is 0 Å². The molecule has 146 valence electrons. The minimum atomic E-state index is -3.00. The van der Waals surface area contributed by atoms with Crippen LogP contribution in [0.5, 0.6) is 0 Å². The summed E-state index contributed by atoms with van der Waals surface area (Å²) < 4.78 is 26.4. The Morgan fingerprint density at radius 3 is 2.58 bits per heavy atom. The zero-order valence-electron chi connectivity index (χ0n) is 15.9. The predicted octanol–water partition coefficient (Wildman–Crippen LogP) is 0.433. The lowest BCUT2D eigenvalue weighted by atomic mass is 10.0. The molecule has 2 saturated heterocycles. The molecule has 3 heterocycles. The number of nitrogens with zero attached hydrogens (tertiary/aromatic N) is 4. The van der Waals surface area contributed by atoms with Crippen LogP contribution in [0.15, 0.2) is 17.8 Å². The van der Waals surface area contributed by atoms with Gasteiger partial charge in [-0.15, -0.1) is 0 Å². The van der Waals surface area contributed by atoms with E-state index in [1.807, 2.05) is 13.1 Å². The van der Waals surface area contributed by atoms with Crippen LogP contribution < -0.4 is 0 Å². The second-order valence-corrected chi connectivity index (χ2v) is 9.84. The van der Waals surface area contributed by atoms with Crippen molar-refractivity contribution in [2.45, 2.75) is 45.9 Å². The molecule has 7 nitrogen and oxygen atoms in total. The Kier molecular flexibility index (Phi) is 5.86. The molecule has 3 rings (SSSR count). The van der Waals surface area contributed by atoms with Crippen LogP contribution in [0.2, 0.25) is 0 Å². The van der Waals surface area contributed by atoms with E-state index < -0.39 is 9.84 Å². The number of sulfone groups is 1. The van der Waals surface area contributed by atoms with E-state index >= 15 is 0 Å². The van der Waals surface area contributed by atoms with Crippen molar-refractivity contribution in [1.29, 1.82) is 0 Å². The van der Waals surface area contributed by atoms with Gasteiger partial charge >= 0.3 is 0 Å². The van der Waals surface area contributed by atoms with Crippen LogP contribution in [0.1, 0.15) is 25.1 Å². The van der Waals surface area contributed by atoms with Gasteiger partial charge in [-0.05, 0) is 20.8 Å². The molecule has 2 aliphatic rings. The van der Waals surface area contributed by atoms with Crippen LogP contribution in [-0.2, 0) is 22.9 Å². The largest absolute Gasteiger partial charge is 0.394 e. The van der Waals surface area contributed by atoms with Gasteiger partial charge in [0.2, 0.25) is 0 Å². The first-order valence-electron chi connectivity index (χ1n) is 9.25. The SMILES string of the molecule is CC(C)=CCN1CCN(Cc2cn(CCO)nc2C)[C@@H]2CS(=O)(=O)C[C@@H]21. The van der Waals surface area contributed by atoms with Crippen molar-refractivity contribution in [3.8, 4) is 0 Å². The quantitative estimate of drug-likeness (QED) is 0.719. The van der Waals surface area contributed by atoms with E-state index in [0.29, 0.717) is 13.1 Å². The maximum absolute atomic E-state index is 12.3. The number of aromatic nitrogens is 2.